The fraction of sp³-hybridized carbons (Fsp3) is 0.650. The normalized spacial score (nSPS) is 24.3. The van der Waals surface area contributed by atoms with Crippen molar-refractivity contribution in [1.82, 2.24) is 24.5 Å². The minimum atomic E-state index is -4.36. The number of carbonyl (C=O) groups excluding carboxylic acids is 1. The zero-order valence-electron chi connectivity index (χ0n) is 17.6. The summed E-state index contributed by atoms with van der Waals surface area (Å²) in [5.41, 5.74) is 1.95. The number of alkyl halides is 3. The van der Waals surface area contributed by atoms with E-state index < -0.39 is 12.2 Å². The van der Waals surface area contributed by atoms with Crippen molar-refractivity contribution in [2.45, 2.75) is 57.8 Å². The van der Waals surface area contributed by atoms with Crippen molar-refractivity contribution in [3.05, 3.63) is 29.2 Å². The van der Waals surface area contributed by atoms with E-state index in [1.54, 1.807) is 28.9 Å². The Morgan fingerprint density at radius 1 is 1.33 bits per heavy atom. The van der Waals surface area contributed by atoms with Gasteiger partial charge in [0, 0.05) is 43.9 Å². The molecule has 1 N–H and O–H groups in total. The molecule has 0 spiro atoms. The number of halogens is 3. The van der Waals surface area contributed by atoms with E-state index >= 15 is 0 Å². The third kappa shape index (κ3) is 3.56. The largest absolute Gasteiger partial charge is 0.410 e. The van der Waals surface area contributed by atoms with Crippen LogP contribution in [0.4, 0.5) is 19.0 Å². The Bertz CT molecular complexity index is 947. The number of rotatable bonds is 3. The van der Waals surface area contributed by atoms with Crippen molar-refractivity contribution < 1.29 is 18.0 Å². The molecule has 3 atom stereocenters. The molecule has 0 saturated carbocycles. The summed E-state index contributed by atoms with van der Waals surface area (Å²) in [4.78, 5) is 14.6. The second-order valence-electron chi connectivity index (χ2n) is 8.69. The van der Waals surface area contributed by atoms with Gasteiger partial charge in [0.05, 0.1) is 17.5 Å². The summed E-state index contributed by atoms with van der Waals surface area (Å²) in [5, 5.41) is 11.7. The van der Waals surface area contributed by atoms with E-state index in [0.29, 0.717) is 36.6 Å². The van der Waals surface area contributed by atoms with Gasteiger partial charge in [0.2, 0.25) is 0 Å². The number of likely N-dealkylation sites (tertiary alicyclic amines) is 1. The average molecular weight is 424 g/mol. The number of fused-ring (bicyclic) bond motifs is 1. The first-order chi connectivity index (χ1) is 14.1. The van der Waals surface area contributed by atoms with E-state index in [1.165, 1.54) is 0 Å². The van der Waals surface area contributed by atoms with Gasteiger partial charge in [-0.3, -0.25) is 9.48 Å². The predicted molar refractivity (Wildman–Crippen MR) is 105 cm³/mol. The van der Waals surface area contributed by atoms with Crippen LogP contribution in [0.15, 0.2) is 12.3 Å². The molecular weight excluding hydrogens is 397 g/mol. The summed E-state index contributed by atoms with van der Waals surface area (Å²) >= 11 is 0. The van der Waals surface area contributed by atoms with Gasteiger partial charge in [-0.05, 0) is 25.7 Å². The van der Waals surface area contributed by atoms with Gasteiger partial charge in [0.25, 0.3) is 5.91 Å². The number of aromatic nitrogens is 4. The molecule has 4 rings (SSSR count). The number of nitrogens with one attached hydrogen (secondary N) is 1. The van der Waals surface area contributed by atoms with Crippen LogP contribution in [0.2, 0.25) is 0 Å². The fourth-order valence-electron chi connectivity index (χ4n) is 4.32. The van der Waals surface area contributed by atoms with E-state index in [-0.39, 0.29) is 30.2 Å². The molecule has 1 amide bonds. The highest BCUT2D eigenvalue weighted by Gasteiger charge is 2.47. The van der Waals surface area contributed by atoms with Crippen LogP contribution in [0, 0.1) is 12.8 Å². The van der Waals surface area contributed by atoms with Gasteiger partial charge >= 0.3 is 6.18 Å². The summed E-state index contributed by atoms with van der Waals surface area (Å²) in [6.07, 6.45) is -2.16. The minimum absolute atomic E-state index is 0.0369. The Morgan fingerprint density at radius 2 is 2.07 bits per heavy atom. The van der Waals surface area contributed by atoms with E-state index in [0.717, 1.165) is 10.4 Å². The maximum Gasteiger partial charge on any atom is 0.410 e. The van der Waals surface area contributed by atoms with Gasteiger partial charge in [-0.15, -0.1) is 0 Å². The van der Waals surface area contributed by atoms with Crippen LogP contribution in [0.25, 0.3) is 0 Å². The molecule has 10 heteroatoms. The Morgan fingerprint density at radius 3 is 2.67 bits per heavy atom. The lowest BCUT2D eigenvalue weighted by atomic mass is 9.94. The van der Waals surface area contributed by atoms with Crippen molar-refractivity contribution >= 4 is 11.7 Å². The van der Waals surface area contributed by atoms with E-state index in [1.807, 2.05) is 20.8 Å². The first-order valence-corrected chi connectivity index (χ1v) is 10.3. The van der Waals surface area contributed by atoms with E-state index in [2.05, 4.69) is 15.5 Å². The summed E-state index contributed by atoms with van der Waals surface area (Å²) in [6.45, 7) is 6.65. The molecule has 0 aromatic carbocycles. The molecule has 0 bridgehead atoms. The highest BCUT2D eigenvalue weighted by molar-refractivity contribution is 5.95. The standard InChI is InChI=1S/C20H27F3N6O/c1-11(2)15-7-17(20(21,22)23)29-18(25-15)8-16(26-29)13-5-6-28(10-13)19(30)14-9-24-27(4)12(14)3/h8-9,11,13,15,17,25H,5-7,10H2,1-4H3/t13-,15-,17+/m0/s1. The Balaban J connectivity index is 1.55. The van der Waals surface area contributed by atoms with Crippen LogP contribution < -0.4 is 5.32 Å². The SMILES string of the molecule is Cc1c(C(=O)N2CC[C@H](c3cc4n(n3)[C@@H](C(F)(F)F)C[C@@H](C(C)C)N4)C2)cnn1C. The monoisotopic (exact) mass is 424 g/mol. The number of carbonyl (C=O) groups is 1. The lowest BCUT2D eigenvalue weighted by Gasteiger charge is -2.35. The maximum atomic E-state index is 13.7. The van der Waals surface area contributed by atoms with Crippen LogP contribution in [0.3, 0.4) is 0 Å². The fourth-order valence-corrected chi connectivity index (χ4v) is 4.32. The Labute approximate surface area is 173 Å². The maximum absolute atomic E-state index is 13.7. The summed E-state index contributed by atoms with van der Waals surface area (Å²) in [5.74, 6) is 0.296. The molecule has 0 radical (unpaired) electrons. The molecule has 2 aromatic rings. The van der Waals surface area contributed by atoms with Gasteiger partial charge < -0.3 is 10.2 Å². The molecule has 2 aliphatic rings. The minimum Gasteiger partial charge on any atom is -0.367 e. The number of amides is 1. The molecule has 2 aliphatic heterocycles. The number of hydrogen-bond donors (Lipinski definition) is 1. The molecule has 2 aromatic heterocycles. The smallest absolute Gasteiger partial charge is 0.367 e. The van der Waals surface area contributed by atoms with Crippen LogP contribution >= 0.6 is 0 Å². The van der Waals surface area contributed by atoms with E-state index in [9.17, 15) is 18.0 Å². The third-order valence-electron chi connectivity index (χ3n) is 6.40. The quantitative estimate of drug-likeness (QED) is 0.819. The van der Waals surface area contributed by atoms with Crippen LogP contribution in [0.5, 0.6) is 0 Å². The third-order valence-corrected chi connectivity index (χ3v) is 6.40. The van der Waals surface area contributed by atoms with E-state index in [4.69, 9.17) is 0 Å². The average Bonchev–Trinajstić information content (AvgIpc) is 3.38. The molecular formula is C20H27F3N6O. The van der Waals surface area contributed by atoms with Gasteiger partial charge in [0.15, 0.2) is 6.04 Å². The first kappa shape index (κ1) is 20.7. The van der Waals surface area contributed by atoms with Crippen molar-refractivity contribution in [1.29, 1.82) is 0 Å². The zero-order valence-corrected chi connectivity index (χ0v) is 17.6. The topological polar surface area (TPSA) is 68.0 Å². The molecule has 0 aliphatic carbocycles. The lowest BCUT2D eigenvalue weighted by molar-refractivity contribution is -0.174. The van der Waals surface area contributed by atoms with Crippen molar-refractivity contribution in [3.8, 4) is 0 Å². The highest BCUT2D eigenvalue weighted by Crippen LogP contribution is 2.42. The van der Waals surface area contributed by atoms with Crippen molar-refractivity contribution in [2.24, 2.45) is 13.0 Å². The summed E-state index contributed by atoms with van der Waals surface area (Å²) in [7, 11) is 1.78. The Kier molecular flexibility index (Phi) is 5.06. The predicted octanol–water partition coefficient (Wildman–Crippen LogP) is 3.50. The number of aryl methyl sites for hydroxylation is 1. The summed E-state index contributed by atoms with van der Waals surface area (Å²) in [6, 6.07) is -0.169. The molecule has 0 unspecified atom stereocenters. The molecule has 30 heavy (non-hydrogen) atoms. The van der Waals surface area contributed by atoms with Crippen LogP contribution in [0.1, 0.15) is 60.4 Å². The summed E-state index contributed by atoms with van der Waals surface area (Å²) < 4.78 is 43.8. The van der Waals surface area contributed by atoms with Gasteiger partial charge in [-0.1, -0.05) is 13.8 Å². The van der Waals surface area contributed by atoms with Gasteiger partial charge in [-0.25, -0.2) is 4.68 Å². The first-order valence-electron chi connectivity index (χ1n) is 10.3. The van der Waals surface area contributed by atoms with Crippen molar-refractivity contribution in [2.75, 3.05) is 18.4 Å². The van der Waals surface area contributed by atoms with Crippen LogP contribution in [-0.4, -0.2) is 55.7 Å². The van der Waals surface area contributed by atoms with Crippen molar-refractivity contribution in [3.63, 3.8) is 0 Å². The zero-order chi connectivity index (χ0) is 21.8. The molecule has 4 heterocycles. The Hall–Kier alpha value is -2.52. The number of anilines is 1. The molecule has 1 fully saturated rings. The highest BCUT2D eigenvalue weighted by atomic mass is 19.4. The second kappa shape index (κ2) is 7.31. The van der Waals surface area contributed by atoms with Gasteiger partial charge in [-0.2, -0.15) is 23.4 Å². The number of hydrogen-bond acceptors (Lipinski definition) is 4. The van der Waals surface area contributed by atoms with Gasteiger partial charge in [0.1, 0.15) is 5.82 Å². The number of nitrogens with zero attached hydrogens (tertiary/aromatic N) is 5. The lowest BCUT2D eigenvalue weighted by Crippen LogP contribution is -2.41. The molecule has 1 saturated heterocycles. The second-order valence-corrected chi connectivity index (χ2v) is 8.69. The molecule has 164 valence electrons. The van der Waals surface area contributed by atoms with Crippen LogP contribution in [-0.2, 0) is 7.05 Å². The molecule has 7 nitrogen and oxygen atoms in total.